The average molecular weight is 406 g/mol. The minimum atomic E-state index is -0.265. The quantitative estimate of drug-likeness (QED) is 0.414. The van der Waals surface area contributed by atoms with Gasteiger partial charge in [0.15, 0.2) is 11.5 Å². The molecule has 0 atom stereocenters. The molecule has 0 saturated heterocycles. The van der Waals surface area contributed by atoms with Gasteiger partial charge in [0.05, 0.1) is 16.4 Å². The summed E-state index contributed by atoms with van der Waals surface area (Å²) in [5, 5.41) is 8.31. The summed E-state index contributed by atoms with van der Waals surface area (Å²) in [6, 6.07) is 18.2. The fourth-order valence-electron chi connectivity index (χ4n) is 3.78. The van der Waals surface area contributed by atoms with E-state index in [2.05, 4.69) is 25.1 Å². The number of para-hydroxylation sites is 1. The molecule has 2 N–H and O–H groups in total. The lowest BCUT2D eigenvalue weighted by atomic mass is 10.0. The number of nitrogens with one attached hydrogen (secondary N) is 2. The van der Waals surface area contributed by atoms with Crippen molar-refractivity contribution in [1.29, 1.82) is 0 Å². The van der Waals surface area contributed by atoms with E-state index in [0.29, 0.717) is 17.2 Å². The van der Waals surface area contributed by atoms with E-state index in [0.717, 1.165) is 38.7 Å². The Hall–Kier alpha value is -4.39. The summed E-state index contributed by atoms with van der Waals surface area (Å²) >= 11 is 0. The van der Waals surface area contributed by atoms with Crippen molar-refractivity contribution >= 4 is 22.1 Å². The van der Waals surface area contributed by atoms with Gasteiger partial charge in [-0.1, -0.05) is 30.3 Å². The maximum atomic E-state index is 13.4. The first-order valence-corrected chi connectivity index (χ1v) is 9.76. The van der Waals surface area contributed by atoms with Crippen LogP contribution in [0.2, 0.25) is 0 Å². The van der Waals surface area contributed by atoms with Gasteiger partial charge in [0.1, 0.15) is 11.5 Å². The Morgan fingerprint density at radius 3 is 2.58 bits per heavy atom. The molecule has 0 saturated carbocycles. The number of aromatic amines is 2. The third-order valence-corrected chi connectivity index (χ3v) is 5.30. The molecule has 0 unspecified atom stereocenters. The van der Waals surface area contributed by atoms with Gasteiger partial charge in [-0.15, -0.1) is 0 Å². The van der Waals surface area contributed by atoms with Gasteiger partial charge >= 0.3 is 0 Å². The van der Waals surface area contributed by atoms with Crippen molar-refractivity contribution in [3.05, 3.63) is 85.1 Å². The second kappa shape index (κ2) is 6.84. The van der Waals surface area contributed by atoms with Gasteiger partial charge < -0.3 is 4.98 Å². The number of H-pyrrole nitrogens is 2. The Morgan fingerprint density at radius 1 is 0.839 bits per heavy atom. The minimum Gasteiger partial charge on any atom is -0.337 e. The number of nitrogens with zero attached hydrogens (tertiary/aromatic N) is 4. The predicted octanol–water partition coefficient (Wildman–Crippen LogP) is 5.37. The van der Waals surface area contributed by atoms with Crippen molar-refractivity contribution in [1.82, 2.24) is 30.1 Å². The lowest BCUT2D eigenvalue weighted by Gasteiger charge is -2.02. The van der Waals surface area contributed by atoms with E-state index in [4.69, 9.17) is 4.98 Å². The van der Waals surface area contributed by atoms with Gasteiger partial charge in [0.2, 0.25) is 0 Å². The van der Waals surface area contributed by atoms with E-state index in [1.807, 2.05) is 36.4 Å². The number of hydrogen-bond acceptors (Lipinski definition) is 4. The number of pyridine rings is 2. The maximum Gasteiger partial charge on any atom is 0.159 e. The van der Waals surface area contributed by atoms with Gasteiger partial charge in [-0.2, -0.15) is 5.10 Å². The van der Waals surface area contributed by atoms with Crippen LogP contribution in [0.5, 0.6) is 0 Å². The highest BCUT2D eigenvalue weighted by atomic mass is 19.1. The first kappa shape index (κ1) is 17.5. The molecule has 0 fully saturated rings. The molecule has 4 heterocycles. The number of imidazole rings is 1. The van der Waals surface area contributed by atoms with E-state index in [-0.39, 0.29) is 5.82 Å². The summed E-state index contributed by atoms with van der Waals surface area (Å²) in [7, 11) is 0. The summed E-state index contributed by atoms with van der Waals surface area (Å²) in [5.74, 6) is 0.375. The summed E-state index contributed by atoms with van der Waals surface area (Å²) in [5.41, 5.74) is 6.81. The molecule has 0 spiro atoms. The average Bonchev–Trinajstić information content (AvgIpc) is 3.43. The molecule has 4 aromatic heterocycles. The zero-order valence-corrected chi connectivity index (χ0v) is 16.2. The van der Waals surface area contributed by atoms with Gasteiger partial charge in [0.25, 0.3) is 0 Å². The van der Waals surface area contributed by atoms with E-state index >= 15 is 0 Å². The van der Waals surface area contributed by atoms with Gasteiger partial charge in [-0.3, -0.25) is 10.1 Å². The molecular formula is C24H15FN6. The third kappa shape index (κ3) is 2.95. The summed E-state index contributed by atoms with van der Waals surface area (Å²) in [6.45, 7) is 0. The molecule has 6 nitrogen and oxygen atoms in total. The molecular weight excluding hydrogens is 391 g/mol. The molecule has 6 aromatic rings. The standard InChI is InChI=1S/C24H15FN6/c25-17-8-6-14(7-9-17)18-4-1-5-20-21(18)29-24(28-20)22-19-11-16(13-27-23(19)31-30-22)15-3-2-10-26-12-15/h1-13H,(H,28,29)(H,27,30,31). The summed E-state index contributed by atoms with van der Waals surface area (Å²) in [4.78, 5) is 16.9. The first-order valence-electron chi connectivity index (χ1n) is 9.76. The highest BCUT2D eigenvalue weighted by Gasteiger charge is 2.16. The fraction of sp³-hybridized carbons (Fsp3) is 0. The van der Waals surface area contributed by atoms with Crippen molar-refractivity contribution in [2.45, 2.75) is 0 Å². The van der Waals surface area contributed by atoms with E-state index in [9.17, 15) is 4.39 Å². The molecule has 2 aromatic carbocycles. The van der Waals surface area contributed by atoms with Gasteiger partial charge in [0, 0.05) is 35.3 Å². The van der Waals surface area contributed by atoms with Gasteiger partial charge in [-0.05, 0) is 35.9 Å². The Labute approximate surface area is 175 Å². The second-order valence-electron chi connectivity index (χ2n) is 7.23. The van der Waals surface area contributed by atoms with Crippen LogP contribution >= 0.6 is 0 Å². The normalized spacial score (nSPS) is 11.4. The van der Waals surface area contributed by atoms with Gasteiger partial charge in [-0.25, -0.2) is 14.4 Å². The number of halogens is 1. The van der Waals surface area contributed by atoms with Crippen LogP contribution in [0.15, 0.2) is 79.3 Å². The minimum absolute atomic E-state index is 0.265. The third-order valence-electron chi connectivity index (χ3n) is 5.30. The fourth-order valence-corrected chi connectivity index (χ4v) is 3.78. The number of fused-ring (bicyclic) bond motifs is 2. The maximum absolute atomic E-state index is 13.4. The van der Waals surface area contributed by atoms with E-state index < -0.39 is 0 Å². The molecule has 6 rings (SSSR count). The Balaban J connectivity index is 1.51. The van der Waals surface area contributed by atoms with Crippen LogP contribution in [0.25, 0.3) is 55.8 Å². The molecule has 0 aliphatic rings. The molecule has 7 heteroatoms. The van der Waals surface area contributed by atoms with Crippen LogP contribution < -0.4 is 0 Å². The smallest absolute Gasteiger partial charge is 0.159 e. The lowest BCUT2D eigenvalue weighted by Crippen LogP contribution is -1.85. The molecule has 0 radical (unpaired) electrons. The highest BCUT2D eigenvalue weighted by molar-refractivity contribution is 5.97. The topological polar surface area (TPSA) is 83.1 Å². The van der Waals surface area contributed by atoms with Crippen molar-refractivity contribution in [3.63, 3.8) is 0 Å². The van der Waals surface area contributed by atoms with Crippen molar-refractivity contribution in [2.24, 2.45) is 0 Å². The van der Waals surface area contributed by atoms with Crippen LogP contribution in [0, 0.1) is 5.82 Å². The van der Waals surface area contributed by atoms with Crippen LogP contribution in [0.3, 0.4) is 0 Å². The zero-order valence-electron chi connectivity index (χ0n) is 16.2. The largest absolute Gasteiger partial charge is 0.337 e. The molecule has 148 valence electrons. The number of aromatic nitrogens is 6. The zero-order chi connectivity index (χ0) is 20.8. The monoisotopic (exact) mass is 406 g/mol. The summed E-state index contributed by atoms with van der Waals surface area (Å²) in [6.07, 6.45) is 5.34. The molecule has 31 heavy (non-hydrogen) atoms. The summed E-state index contributed by atoms with van der Waals surface area (Å²) < 4.78 is 13.4. The van der Waals surface area contributed by atoms with Crippen molar-refractivity contribution in [3.8, 4) is 33.8 Å². The van der Waals surface area contributed by atoms with Crippen molar-refractivity contribution < 1.29 is 4.39 Å². The number of benzene rings is 2. The predicted molar refractivity (Wildman–Crippen MR) is 118 cm³/mol. The van der Waals surface area contributed by atoms with E-state index in [1.54, 1.807) is 30.7 Å². The SMILES string of the molecule is Fc1ccc(-c2cccc3[nH]c(-c4n[nH]c5ncc(-c6cccnc6)cc45)nc23)cc1. The van der Waals surface area contributed by atoms with Crippen LogP contribution in [0.1, 0.15) is 0 Å². The van der Waals surface area contributed by atoms with Crippen molar-refractivity contribution in [2.75, 3.05) is 0 Å². The molecule has 0 amide bonds. The second-order valence-corrected chi connectivity index (χ2v) is 7.23. The number of rotatable bonds is 3. The van der Waals surface area contributed by atoms with Crippen LogP contribution in [-0.4, -0.2) is 30.1 Å². The molecule has 0 aliphatic heterocycles. The van der Waals surface area contributed by atoms with E-state index in [1.165, 1.54) is 12.1 Å². The Bertz CT molecular complexity index is 1530. The lowest BCUT2D eigenvalue weighted by molar-refractivity contribution is 0.628. The molecule has 0 bridgehead atoms. The number of hydrogen-bond donors (Lipinski definition) is 2. The Kier molecular flexibility index (Phi) is 3.86. The first-order chi connectivity index (χ1) is 15.3. The Morgan fingerprint density at radius 2 is 1.74 bits per heavy atom. The van der Waals surface area contributed by atoms with Crippen LogP contribution in [0.4, 0.5) is 4.39 Å². The van der Waals surface area contributed by atoms with Crippen LogP contribution in [-0.2, 0) is 0 Å². The molecule has 0 aliphatic carbocycles. The highest BCUT2D eigenvalue weighted by Crippen LogP contribution is 2.32.